The quantitative estimate of drug-likeness (QED) is 0.653. The van der Waals surface area contributed by atoms with E-state index in [1.165, 1.54) is 0 Å². The van der Waals surface area contributed by atoms with Crippen molar-refractivity contribution in [2.75, 3.05) is 0 Å². The summed E-state index contributed by atoms with van der Waals surface area (Å²) in [7, 11) is 0. The molecule has 2 heterocycles. The first-order chi connectivity index (χ1) is 12.0. The predicted octanol–water partition coefficient (Wildman–Crippen LogP) is 2.59. The van der Waals surface area contributed by atoms with Gasteiger partial charge in [-0.2, -0.15) is 0 Å². The molecule has 4 amide bonds. The third-order valence-corrected chi connectivity index (χ3v) is 4.88. The van der Waals surface area contributed by atoms with Gasteiger partial charge in [0.05, 0.1) is 0 Å². The van der Waals surface area contributed by atoms with E-state index in [0.717, 1.165) is 16.0 Å². The molecule has 7 heteroatoms. The van der Waals surface area contributed by atoms with Gasteiger partial charge in [-0.3, -0.25) is 25.2 Å². The number of nitrogens with zero attached hydrogens (tertiary/aromatic N) is 1. The largest absolute Gasteiger partial charge is 0.328 e. The van der Waals surface area contributed by atoms with Crippen LogP contribution >= 0.6 is 11.3 Å². The fourth-order valence-electron chi connectivity index (χ4n) is 2.67. The van der Waals surface area contributed by atoms with Crippen molar-refractivity contribution >= 4 is 34.9 Å². The molecule has 2 N–H and O–H groups in total. The highest BCUT2D eigenvalue weighted by molar-refractivity contribution is 7.10. The molecule has 0 aliphatic carbocycles. The van der Waals surface area contributed by atoms with Crippen LogP contribution in [-0.2, 0) is 9.59 Å². The molecule has 1 aromatic heterocycles. The molecular weight excluding hydrogens is 338 g/mol. The van der Waals surface area contributed by atoms with Gasteiger partial charge >= 0.3 is 6.03 Å². The second-order valence-corrected chi connectivity index (χ2v) is 6.82. The molecule has 0 bridgehead atoms. The first-order valence-electron chi connectivity index (χ1n) is 7.75. The van der Waals surface area contributed by atoms with Crippen molar-refractivity contribution < 1.29 is 14.4 Å². The number of hydrogen-bond donors (Lipinski definition) is 2. The summed E-state index contributed by atoms with van der Waals surface area (Å²) in [6.45, 7) is 3.64. The number of barbiturate groups is 1. The lowest BCUT2D eigenvalue weighted by Gasteiger charge is -2.22. The van der Waals surface area contributed by atoms with Crippen molar-refractivity contribution in [3.05, 3.63) is 57.8 Å². The van der Waals surface area contributed by atoms with E-state index in [1.807, 2.05) is 48.7 Å². The zero-order chi connectivity index (χ0) is 18.0. The fraction of sp³-hybridized carbons (Fsp3) is 0.222. The highest BCUT2D eigenvalue weighted by atomic mass is 32.1. The van der Waals surface area contributed by atoms with Gasteiger partial charge in [0.25, 0.3) is 0 Å². The Morgan fingerprint density at radius 2 is 1.72 bits per heavy atom. The standard InChI is InChI=1S/C18H17N3O3S/c1-10-5-7-12(8-6-10)15(13-4-3-9-25-13)19-11(2)14-16(22)20-18(24)21-17(14)23/h3-9,14-15H,1-2H3,(H2,20,21,22,23,24)/t15-/m0/s1. The van der Waals surface area contributed by atoms with Crippen LogP contribution in [0.3, 0.4) is 0 Å². The van der Waals surface area contributed by atoms with E-state index >= 15 is 0 Å². The van der Waals surface area contributed by atoms with E-state index in [4.69, 9.17) is 0 Å². The van der Waals surface area contributed by atoms with E-state index in [0.29, 0.717) is 5.71 Å². The minimum Gasteiger partial charge on any atom is -0.279 e. The van der Waals surface area contributed by atoms with E-state index in [2.05, 4.69) is 15.6 Å². The number of nitrogens with one attached hydrogen (secondary N) is 2. The molecule has 1 fully saturated rings. The second kappa shape index (κ2) is 6.98. The maximum absolute atomic E-state index is 12.0. The first-order valence-corrected chi connectivity index (χ1v) is 8.63. The van der Waals surface area contributed by atoms with Crippen molar-refractivity contribution in [2.45, 2.75) is 19.9 Å². The molecule has 0 saturated carbocycles. The zero-order valence-corrected chi connectivity index (χ0v) is 14.6. The maximum atomic E-state index is 12.0. The van der Waals surface area contributed by atoms with Crippen molar-refractivity contribution in [3.63, 3.8) is 0 Å². The molecule has 6 nitrogen and oxygen atoms in total. The van der Waals surface area contributed by atoms with Gasteiger partial charge in [-0.1, -0.05) is 35.9 Å². The minimum absolute atomic E-state index is 0.307. The summed E-state index contributed by atoms with van der Waals surface area (Å²) in [6, 6.07) is 10.8. The smallest absolute Gasteiger partial charge is 0.279 e. The first kappa shape index (κ1) is 17.0. The zero-order valence-electron chi connectivity index (χ0n) is 13.8. The number of rotatable bonds is 4. The Morgan fingerprint density at radius 1 is 1.08 bits per heavy atom. The predicted molar refractivity (Wildman–Crippen MR) is 95.6 cm³/mol. The van der Waals surface area contributed by atoms with Crippen LogP contribution in [0.2, 0.25) is 0 Å². The summed E-state index contributed by atoms with van der Waals surface area (Å²) >= 11 is 1.56. The Hall–Kier alpha value is -2.80. The summed E-state index contributed by atoms with van der Waals surface area (Å²) in [5.41, 5.74) is 2.47. The number of carbonyl (C=O) groups excluding carboxylic acids is 3. The molecular formula is C18H17N3O3S. The summed E-state index contributed by atoms with van der Waals surface area (Å²) in [4.78, 5) is 41.0. The van der Waals surface area contributed by atoms with E-state index in [1.54, 1.807) is 18.3 Å². The Labute approximate surface area is 149 Å². The number of aryl methyl sites for hydroxylation is 1. The van der Waals surface area contributed by atoms with Crippen LogP contribution in [0, 0.1) is 12.8 Å². The molecule has 1 aliphatic rings. The third kappa shape index (κ3) is 3.66. The Balaban J connectivity index is 1.98. The highest BCUT2D eigenvalue weighted by Gasteiger charge is 2.36. The van der Waals surface area contributed by atoms with Gasteiger partial charge in [0.2, 0.25) is 11.8 Å². The van der Waals surface area contributed by atoms with Gasteiger partial charge in [-0.15, -0.1) is 11.3 Å². The summed E-state index contributed by atoms with van der Waals surface area (Å²) in [6.07, 6.45) is 0. The molecule has 1 aliphatic heterocycles. The van der Waals surface area contributed by atoms with Gasteiger partial charge in [-0.25, -0.2) is 4.79 Å². The molecule has 1 saturated heterocycles. The molecule has 2 aromatic rings. The summed E-state index contributed by atoms with van der Waals surface area (Å²) in [5.74, 6) is -2.40. The van der Waals surface area contributed by atoms with Gasteiger partial charge in [0.15, 0.2) is 5.92 Å². The molecule has 25 heavy (non-hydrogen) atoms. The number of imide groups is 2. The molecule has 1 aromatic carbocycles. The van der Waals surface area contributed by atoms with Crippen molar-refractivity contribution in [1.29, 1.82) is 0 Å². The van der Waals surface area contributed by atoms with E-state index < -0.39 is 23.8 Å². The topological polar surface area (TPSA) is 87.6 Å². The van der Waals surface area contributed by atoms with Crippen LogP contribution in [0.1, 0.15) is 29.0 Å². The Bertz CT molecular complexity index is 821. The van der Waals surface area contributed by atoms with Gasteiger partial charge in [0, 0.05) is 10.6 Å². The summed E-state index contributed by atoms with van der Waals surface area (Å²) < 4.78 is 0. The number of urea groups is 1. The molecule has 1 atom stereocenters. The minimum atomic E-state index is -1.11. The van der Waals surface area contributed by atoms with Crippen LogP contribution in [0.15, 0.2) is 46.8 Å². The number of hydrogen-bond acceptors (Lipinski definition) is 5. The number of amides is 4. The molecule has 128 valence electrons. The number of thiophene rings is 1. The number of aliphatic imine (C=N–C) groups is 1. The fourth-order valence-corrected chi connectivity index (χ4v) is 3.46. The van der Waals surface area contributed by atoms with E-state index in [-0.39, 0.29) is 6.04 Å². The Kier molecular flexibility index (Phi) is 4.76. The van der Waals surface area contributed by atoms with Crippen LogP contribution in [0.4, 0.5) is 4.79 Å². The molecule has 0 unspecified atom stereocenters. The monoisotopic (exact) mass is 355 g/mol. The molecule has 0 radical (unpaired) electrons. The van der Waals surface area contributed by atoms with Crippen molar-refractivity contribution in [2.24, 2.45) is 10.9 Å². The van der Waals surface area contributed by atoms with Crippen molar-refractivity contribution in [1.82, 2.24) is 10.6 Å². The lowest BCUT2D eigenvalue weighted by Crippen LogP contribution is -2.57. The van der Waals surface area contributed by atoms with Gasteiger partial charge in [-0.05, 0) is 30.9 Å². The van der Waals surface area contributed by atoms with Gasteiger partial charge in [0.1, 0.15) is 6.04 Å². The van der Waals surface area contributed by atoms with Crippen LogP contribution < -0.4 is 10.6 Å². The van der Waals surface area contributed by atoms with Crippen LogP contribution in [0.5, 0.6) is 0 Å². The second-order valence-electron chi connectivity index (χ2n) is 5.84. The summed E-state index contributed by atoms with van der Waals surface area (Å²) in [5, 5.41) is 6.17. The third-order valence-electron chi connectivity index (χ3n) is 3.95. The van der Waals surface area contributed by atoms with Crippen LogP contribution in [-0.4, -0.2) is 23.6 Å². The Morgan fingerprint density at radius 3 is 2.28 bits per heavy atom. The van der Waals surface area contributed by atoms with Crippen LogP contribution in [0.25, 0.3) is 0 Å². The average molecular weight is 355 g/mol. The normalized spacial score (nSPS) is 17.2. The highest BCUT2D eigenvalue weighted by Crippen LogP contribution is 2.30. The number of carbonyl (C=O) groups is 3. The molecule has 0 spiro atoms. The van der Waals surface area contributed by atoms with Gasteiger partial charge < -0.3 is 0 Å². The van der Waals surface area contributed by atoms with Crippen molar-refractivity contribution in [3.8, 4) is 0 Å². The molecule has 3 rings (SSSR count). The lowest BCUT2D eigenvalue weighted by atomic mass is 9.99. The average Bonchev–Trinajstić information content (AvgIpc) is 3.06. The maximum Gasteiger partial charge on any atom is 0.328 e. The SMILES string of the molecule is CC(=N[C@@H](c1ccc(C)cc1)c1cccs1)C1C(=O)NC(=O)NC1=O. The number of benzene rings is 1. The van der Waals surface area contributed by atoms with E-state index in [9.17, 15) is 14.4 Å². The lowest BCUT2D eigenvalue weighted by molar-refractivity contribution is -0.132.